The molecule has 0 radical (unpaired) electrons. The molecule has 1 aromatic rings. The summed E-state index contributed by atoms with van der Waals surface area (Å²) in [5.41, 5.74) is -1.14. The molecule has 1 aromatic carbocycles. The van der Waals surface area contributed by atoms with Crippen LogP contribution in [0.2, 0.25) is 0 Å². The molecule has 0 aromatic heterocycles. The summed E-state index contributed by atoms with van der Waals surface area (Å²) in [6.45, 7) is 5.39. The number of benzene rings is 1. The fourth-order valence-corrected chi connectivity index (χ4v) is 7.00. The minimum absolute atomic E-state index is 0.0144. The molecule has 3 saturated carbocycles. The van der Waals surface area contributed by atoms with Crippen LogP contribution in [0.4, 0.5) is 17.6 Å². The van der Waals surface area contributed by atoms with Crippen LogP contribution in [0.1, 0.15) is 89.2 Å². The third-order valence-electron chi connectivity index (χ3n) is 9.33. The van der Waals surface area contributed by atoms with Crippen LogP contribution >= 0.6 is 0 Å². The van der Waals surface area contributed by atoms with Crippen molar-refractivity contribution in [1.82, 2.24) is 0 Å². The van der Waals surface area contributed by atoms with Crippen molar-refractivity contribution in [2.75, 3.05) is 0 Å². The first kappa shape index (κ1) is 23.1. The average Bonchev–Trinajstić information content (AvgIpc) is 2.77. The van der Waals surface area contributed by atoms with Crippen molar-refractivity contribution in [3.05, 3.63) is 34.9 Å². The quantitative estimate of drug-likeness (QED) is 0.417. The predicted octanol–water partition coefficient (Wildman–Crippen LogP) is 8.25. The van der Waals surface area contributed by atoms with Gasteiger partial charge in [-0.2, -0.15) is 0 Å². The summed E-state index contributed by atoms with van der Waals surface area (Å²) >= 11 is 0. The second kappa shape index (κ2) is 9.06. The van der Waals surface area contributed by atoms with Crippen molar-refractivity contribution in [1.29, 1.82) is 0 Å². The highest BCUT2D eigenvalue weighted by Crippen LogP contribution is 2.51. The maximum atomic E-state index is 15.5. The van der Waals surface area contributed by atoms with E-state index in [4.69, 9.17) is 0 Å². The zero-order chi connectivity index (χ0) is 22.3. The minimum atomic E-state index is -1.81. The Hall–Kier alpha value is -1.06. The van der Waals surface area contributed by atoms with Crippen LogP contribution in [0, 0.1) is 48.1 Å². The van der Waals surface area contributed by atoms with E-state index in [1.165, 1.54) is 44.7 Å². The molecule has 0 spiro atoms. The van der Waals surface area contributed by atoms with E-state index >= 15 is 8.78 Å². The molecule has 4 atom stereocenters. The van der Waals surface area contributed by atoms with Crippen molar-refractivity contribution in [2.45, 2.75) is 103 Å². The highest BCUT2D eigenvalue weighted by atomic mass is 19.2. The number of rotatable bonds is 3. The van der Waals surface area contributed by atoms with Gasteiger partial charge in [-0.15, -0.1) is 0 Å². The van der Waals surface area contributed by atoms with E-state index in [1.807, 2.05) is 0 Å². The third kappa shape index (κ3) is 4.29. The van der Waals surface area contributed by atoms with Gasteiger partial charge in [0.05, 0.1) is 0 Å². The van der Waals surface area contributed by atoms with Crippen LogP contribution in [0.3, 0.4) is 0 Å². The zero-order valence-corrected chi connectivity index (χ0v) is 19.3. The molecule has 3 fully saturated rings. The summed E-state index contributed by atoms with van der Waals surface area (Å²) in [5, 5.41) is 0. The van der Waals surface area contributed by atoms with Gasteiger partial charge in [0.25, 0.3) is 0 Å². The van der Waals surface area contributed by atoms with E-state index in [2.05, 4.69) is 6.92 Å². The molecule has 0 N–H and O–H groups in total. The zero-order valence-electron chi connectivity index (χ0n) is 19.3. The van der Waals surface area contributed by atoms with Crippen LogP contribution in [0.5, 0.6) is 0 Å². The van der Waals surface area contributed by atoms with Crippen LogP contribution in [-0.2, 0) is 5.41 Å². The number of aryl methyl sites for hydroxylation is 1. The summed E-state index contributed by atoms with van der Waals surface area (Å²) < 4.78 is 59.6. The lowest BCUT2D eigenvalue weighted by molar-refractivity contribution is -0.0259. The molecule has 3 aliphatic carbocycles. The standard InChI is InChI=1S/C27H38F4/c1-16-4-7-18(8-5-16)19-9-11-20(12-10-19)21-14-15-27(3,26(31)24(21)29)22-13-6-17(2)23(28)25(22)30/h6,13,16,18-21,24,26H,4-5,7-12,14-15H2,1-3H3. The third-order valence-corrected chi connectivity index (χ3v) is 9.33. The smallest absolute Gasteiger partial charge is 0.162 e. The Morgan fingerprint density at radius 3 is 1.94 bits per heavy atom. The molecule has 0 heterocycles. The Bertz CT molecular complexity index is 761. The lowest BCUT2D eigenvalue weighted by Gasteiger charge is -2.47. The largest absolute Gasteiger partial charge is 0.244 e. The van der Waals surface area contributed by atoms with E-state index in [0.717, 1.165) is 43.4 Å². The normalized spacial score (nSPS) is 41.8. The Labute approximate surface area is 185 Å². The molecule has 0 nitrogen and oxygen atoms in total. The highest BCUT2D eigenvalue weighted by Gasteiger charge is 2.52. The number of alkyl halides is 2. The van der Waals surface area contributed by atoms with Crippen LogP contribution in [0.15, 0.2) is 12.1 Å². The molecule has 0 aliphatic heterocycles. The molecule has 4 unspecified atom stereocenters. The van der Waals surface area contributed by atoms with Gasteiger partial charge in [-0.3, -0.25) is 0 Å². The SMILES string of the molecule is Cc1ccc(C2(C)CCC(C3CCC(C4CCC(C)CC4)CC3)C(F)C2F)c(F)c1F. The van der Waals surface area contributed by atoms with Crippen LogP contribution < -0.4 is 0 Å². The summed E-state index contributed by atoms with van der Waals surface area (Å²) in [4.78, 5) is 0. The number of halogens is 4. The van der Waals surface area contributed by atoms with Gasteiger partial charge in [-0.1, -0.05) is 38.8 Å². The Morgan fingerprint density at radius 2 is 1.32 bits per heavy atom. The second-order valence-corrected chi connectivity index (χ2v) is 11.2. The first-order valence-corrected chi connectivity index (χ1v) is 12.5. The van der Waals surface area contributed by atoms with Crippen molar-refractivity contribution >= 4 is 0 Å². The van der Waals surface area contributed by atoms with Gasteiger partial charge in [0.15, 0.2) is 11.6 Å². The first-order chi connectivity index (χ1) is 14.7. The first-order valence-electron chi connectivity index (χ1n) is 12.5. The fraction of sp³-hybridized carbons (Fsp3) is 0.778. The van der Waals surface area contributed by atoms with Gasteiger partial charge in [0, 0.05) is 5.41 Å². The summed E-state index contributed by atoms with van der Waals surface area (Å²) in [5.74, 6) is 0.384. The van der Waals surface area contributed by atoms with E-state index in [-0.39, 0.29) is 23.0 Å². The van der Waals surface area contributed by atoms with Gasteiger partial charge in [0.1, 0.15) is 12.3 Å². The summed E-state index contributed by atoms with van der Waals surface area (Å²) in [7, 11) is 0. The highest BCUT2D eigenvalue weighted by molar-refractivity contribution is 5.33. The Morgan fingerprint density at radius 1 is 0.774 bits per heavy atom. The van der Waals surface area contributed by atoms with Gasteiger partial charge in [0.2, 0.25) is 0 Å². The van der Waals surface area contributed by atoms with E-state index < -0.39 is 29.4 Å². The summed E-state index contributed by atoms with van der Waals surface area (Å²) in [6.07, 6.45) is 7.05. The van der Waals surface area contributed by atoms with Crippen molar-refractivity contribution in [2.24, 2.45) is 29.6 Å². The predicted molar refractivity (Wildman–Crippen MR) is 118 cm³/mol. The molecule has 31 heavy (non-hydrogen) atoms. The monoisotopic (exact) mass is 438 g/mol. The van der Waals surface area contributed by atoms with Crippen molar-refractivity contribution in [3.8, 4) is 0 Å². The summed E-state index contributed by atoms with van der Waals surface area (Å²) in [6, 6.07) is 2.92. The van der Waals surface area contributed by atoms with Crippen molar-refractivity contribution in [3.63, 3.8) is 0 Å². The van der Waals surface area contributed by atoms with Gasteiger partial charge in [-0.05, 0) is 99.0 Å². The fourth-order valence-electron chi connectivity index (χ4n) is 7.00. The lowest BCUT2D eigenvalue weighted by atomic mass is 9.60. The Balaban J connectivity index is 1.40. The molecule has 4 heteroatoms. The molecule has 174 valence electrons. The Kier molecular flexibility index (Phi) is 6.75. The van der Waals surface area contributed by atoms with E-state index in [1.54, 1.807) is 6.92 Å². The maximum absolute atomic E-state index is 15.5. The average molecular weight is 439 g/mol. The minimum Gasteiger partial charge on any atom is -0.244 e. The molecule has 0 bridgehead atoms. The maximum Gasteiger partial charge on any atom is 0.162 e. The topological polar surface area (TPSA) is 0 Å². The molecule has 3 aliphatic rings. The van der Waals surface area contributed by atoms with E-state index in [0.29, 0.717) is 12.8 Å². The van der Waals surface area contributed by atoms with Crippen LogP contribution in [-0.4, -0.2) is 12.3 Å². The molecule has 4 rings (SSSR count). The van der Waals surface area contributed by atoms with Crippen molar-refractivity contribution < 1.29 is 17.6 Å². The number of hydrogen-bond acceptors (Lipinski definition) is 0. The second-order valence-electron chi connectivity index (χ2n) is 11.2. The van der Waals surface area contributed by atoms with Gasteiger partial charge < -0.3 is 0 Å². The van der Waals surface area contributed by atoms with E-state index in [9.17, 15) is 8.78 Å². The van der Waals surface area contributed by atoms with Gasteiger partial charge in [-0.25, -0.2) is 17.6 Å². The van der Waals surface area contributed by atoms with Crippen LogP contribution in [0.25, 0.3) is 0 Å². The number of hydrogen-bond donors (Lipinski definition) is 0. The molecular formula is C27H38F4. The molecular weight excluding hydrogens is 400 g/mol. The van der Waals surface area contributed by atoms with Gasteiger partial charge >= 0.3 is 0 Å². The lowest BCUT2D eigenvalue weighted by Crippen LogP contribution is -2.50. The molecule has 0 amide bonds. The molecule has 0 saturated heterocycles.